The van der Waals surface area contributed by atoms with E-state index in [1.807, 2.05) is 6.07 Å². The van der Waals surface area contributed by atoms with Gasteiger partial charge in [0.25, 0.3) is 5.91 Å². The lowest BCUT2D eigenvalue weighted by molar-refractivity contribution is 0.0958. The molecular weight excluding hydrogens is 270 g/mol. The van der Waals surface area contributed by atoms with E-state index in [0.717, 1.165) is 16.5 Å². The first-order valence-corrected chi connectivity index (χ1v) is 6.78. The fraction of sp³-hybridized carbons (Fsp3) is 0.250. The molecule has 2 rings (SSSR count). The fourth-order valence-electron chi connectivity index (χ4n) is 1.64. The highest BCUT2D eigenvalue weighted by Crippen LogP contribution is 2.35. The van der Waals surface area contributed by atoms with Gasteiger partial charge in [0.05, 0.1) is 5.69 Å². The van der Waals surface area contributed by atoms with Gasteiger partial charge in [0, 0.05) is 21.7 Å². The molecule has 1 heterocycles. The van der Waals surface area contributed by atoms with E-state index in [9.17, 15) is 4.79 Å². The number of nitrogen functional groups attached to an aromatic ring is 1. The van der Waals surface area contributed by atoms with Gasteiger partial charge in [0.2, 0.25) is 0 Å². The van der Waals surface area contributed by atoms with E-state index in [4.69, 9.17) is 23.1 Å². The van der Waals surface area contributed by atoms with Crippen LogP contribution in [0.1, 0.15) is 16.1 Å². The number of nitrogens with two attached hydrogens (primary N) is 2. The van der Waals surface area contributed by atoms with E-state index in [-0.39, 0.29) is 5.91 Å². The van der Waals surface area contributed by atoms with Gasteiger partial charge in [-0.15, -0.1) is 11.3 Å². The zero-order chi connectivity index (χ0) is 13.1. The third-order valence-electron chi connectivity index (χ3n) is 2.56. The molecule has 0 saturated heterocycles. The van der Waals surface area contributed by atoms with Crippen molar-refractivity contribution in [2.24, 2.45) is 5.73 Å². The minimum absolute atomic E-state index is 0.154. The molecule has 0 saturated carbocycles. The topological polar surface area (TPSA) is 81.1 Å². The number of nitrogens with one attached hydrogen (secondary N) is 1. The highest BCUT2D eigenvalue weighted by molar-refractivity contribution is 7.21. The number of amides is 1. The maximum atomic E-state index is 11.9. The number of thiophene rings is 1. The number of halogens is 1. The Balaban J connectivity index is 2.28. The average molecular weight is 284 g/mol. The van der Waals surface area contributed by atoms with E-state index >= 15 is 0 Å². The third-order valence-corrected chi connectivity index (χ3v) is 3.98. The standard InChI is InChI=1S/C12H14ClN3OS/c13-7-2-3-9-8(6-7)10(15)11(18-9)12(17)16-5-1-4-14/h2-3,6H,1,4-5,14-15H2,(H,16,17). The molecule has 18 heavy (non-hydrogen) atoms. The van der Waals surface area contributed by atoms with Gasteiger partial charge in [0.1, 0.15) is 4.88 Å². The summed E-state index contributed by atoms with van der Waals surface area (Å²) >= 11 is 7.29. The molecule has 1 amide bonds. The minimum atomic E-state index is -0.154. The van der Waals surface area contributed by atoms with Crippen molar-refractivity contribution in [1.82, 2.24) is 5.32 Å². The van der Waals surface area contributed by atoms with Crippen molar-refractivity contribution in [2.75, 3.05) is 18.8 Å². The summed E-state index contributed by atoms with van der Waals surface area (Å²) in [5, 5.41) is 4.24. The van der Waals surface area contributed by atoms with Crippen LogP contribution in [0.3, 0.4) is 0 Å². The minimum Gasteiger partial charge on any atom is -0.397 e. The summed E-state index contributed by atoms with van der Waals surface area (Å²) in [5.41, 5.74) is 11.8. The zero-order valence-electron chi connectivity index (χ0n) is 9.70. The predicted octanol–water partition coefficient (Wildman–Crippen LogP) is 2.22. The molecule has 0 aliphatic rings. The zero-order valence-corrected chi connectivity index (χ0v) is 11.3. The summed E-state index contributed by atoms with van der Waals surface area (Å²) in [7, 11) is 0. The van der Waals surface area contributed by atoms with Crippen LogP contribution in [0.15, 0.2) is 18.2 Å². The van der Waals surface area contributed by atoms with Crippen molar-refractivity contribution >= 4 is 44.6 Å². The number of hydrogen-bond acceptors (Lipinski definition) is 4. The first kappa shape index (κ1) is 13.1. The molecule has 0 radical (unpaired) electrons. The van der Waals surface area contributed by atoms with Crippen molar-refractivity contribution in [3.05, 3.63) is 28.1 Å². The molecule has 0 fully saturated rings. The quantitative estimate of drug-likeness (QED) is 0.753. The van der Waals surface area contributed by atoms with Crippen LogP contribution in [0.2, 0.25) is 5.02 Å². The second kappa shape index (κ2) is 5.56. The van der Waals surface area contributed by atoms with Crippen molar-refractivity contribution in [2.45, 2.75) is 6.42 Å². The van der Waals surface area contributed by atoms with Gasteiger partial charge >= 0.3 is 0 Å². The molecule has 1 aromatic carbocycles. The summed E-state index contributed by atoms with van der Waals surface area (Å²) < 4.78 is 0.959. The van der Waals surface area contributed by atoms with Crippen LogP contribution in [0.5, 0.6) is 0 Å². The summed E-state index contributed by atoms with van der Waals surface area (Å²) in [4.78, 5) is 12.5. The Labute approximate surface area is 114 Å². The Kier molecular flexibility index (Phi) is 4.06. The SMILES string of the molecule is NCCCNC(=O)c1sc2ccc(Cl)cc2c1N. The van der Waals surface area contributed by atoms with Crippen LogP contribution in [0, 0.1) is 0 Å². The predicted molar refractivity (Wildman–Crippen MR) is 77.3 cm³/mol. The Morgan fingerprint density at radius 2 is 2.22 bits per heavy atom. The lowest BCUT2D eigenvalue weighted by Crippen LogP contribution is -2.25. The molecular formula is C12H14ClN3OS. The summed E-state index contributed by atoms with van der Waals surface area (Å²) in [6.45, 7) is 1.11. The van der Waals surface area contributed by atoms with Crippen LogP contribution in [0.4, 0.5) is 5.69 Å². The Morgan fingerprint density at radius 3 is 2.94 bits per heavy atom. The molecule has 0 aliphatic carbocycles. The molecule has 5 N–H and O–H groups in total. The second-order valence-electron chi connectivity index (χ2n) is 3.88. The van der Waals surface area contributed by atoms with E-state index in [2.05, 4.69) is 5.32 Å². The molecule has 0 unspecified atom stereocenters. The Morgan fingerprint density at radius 1 is 1.44 bits per heavy atom. The number of fused-ring (bicyclic) bond motifs is 1. The molecule has 0 aliphatic heterocycles. The van der Waals surface area contributed by atoms with Gasteiger partial charge in [0.15, 0.2) is 0 Å². The van der Waals surface area contributed by atoms with Crippen LogP contribution in [0.25, 0.3) is 10.1 Å². The van der Waals surface area contributed by atoms with Crippen LogP contribution < -0.4 is 16.8 Å². The molecule has 2 aromatic rings. The Bertz CT molecular complexity index is 582. The number of hydrogen-bond donors (Lipinski definition) is 3. The van der Waals surface area contributed by atoms with Gasteiger partial charge in [-0.25, -0.2) is 0 Å². The highest BCUT2D eigenvalue weighted by Gasteiger charge is 2.15. The lowest BCUT2D eigenvalue weighted by atomic mass is 10.2. The first-order chi connectivity index (χ1) is 8.63. The van der Waals surface area contributed by atoms with Crippen LogP contribution in [-0.2, 0) is 0 Å². The number of carbonyl (C=O) groups is 1. The van der Waals surface area contributed by atoms with Crippen molar-refractivity contribution in [1.29, 1.82) is 0 Å². The average Bonchev–Trinajstić information content (AvgIpc) is 2.67. The smallest absolute Gasteiger partial charge is 0.263 e. The molecule has 0 bridgehead atoms. The van der Waals surface area contributed by atoms with E-state index in [1.54, 1.807) is 12.1 Å². The van der Waals surface area contributed by atoms with Gasteiger partial charge in [-0.2, -0.15) is 0 Å². The van der Waals surface area contributed by atoms with Crippen molar-refractivity contribution in [3.8, 4) is 0 Å². The van der Waals surface area contributed by atoms with Crippen molar-refractivity contribution < 1.29 is 4.79 Å². The lowest BCUT2D eigenvalue weighted by Gasteiger charge is -2.02. The van der Waals surface area contributed by atoms with Gasteiger partial charge in [-0.3, -0.25) is 4.79 Å². The second-order valence-corrected chi connectivity index (χ2v) is 5.37. The molecule has 4 nitrogen and oxygen atoms in total. The van der Waals surface area contributed by atoms with Crippen LogP contribution in [-0.4, -0.2) is 19.0 Å². The fourth-order valence-corrected chi connectivity index (χ4v) is 2.83. The van der Waals surface area contributed by atoms with E-state index in [0.29, 0.717) is 28.7 Å². The normalized spacial score (nSPS) is 10.8. The van der Waals surface area contributed by atoms with Crippen LogP contribution >= 0.6 is 22.9 Å². The number of rotatable bonds is 4. The maximum Gasteiger partial charge on any atom is 0.263 e. The summed E-state index contributed by atoms with van der Waals surface area (Å²) in [5.74, 6) is -0.154. The number of anilines is 1. The van der Waals surface area contributed by atoms with Gasteiger partial charge in [-0.05, 0) is 31.2 Å². The molecule has 0 atom stereocenters. The molecule has 6 heteroatoms. The van der Waals surface area contributed by atoms with Crippen molar-refractivity contribution in [3.63, 3.8) is 0 Å². The largest absolute Gasteiger partial charge is 0.397 e. The molecule has 1 aromatic heterocycles. The van der Waals surface area contributed by atoms with E-state index < -0.39 is 0 Å². The summed E-state index contributed by atoms with van der Waals surface area (Å²) in [6.07, 6.45) is 0.752. The molecule has 96 valence electrons. The third kappa shape index (κ3) is 2.58. The first-order valence-electron chi connectivity index (χ1n) is 5.59. The molecule has 0 spiro atoms. The summed E-state index contributed by atoms with van der Waals surface area (Å²) in [6, 6.07) is 5.44. The van der Waals surface area contributed by atoms with E-state index in [1.165, 1.54) is 11.3 Å². The number of benzene rings is 1. The Hall–Kier alpha value is -1.30. The monoisotopic (exact) mass is 283 g/mol. The van der Waals surface area contributed by atoms with Gasteiger partial charge in [-0.1, -0.05) is 11.6 Å². The highest BCUT2D eigenvalue weighted by atomic mass is 35.5. The number of carbonyl (C=O) groups excluding carboxylic acids is 1. The maximum absolute atomic E-state index is 11.9. The van der Waals surface area contributed by atoms with Gasteiger partial charge < -0.3 is 16.8 Å².